The van der Waals surface area contributed by atoms with Crippen molar-refractivity contribution in [1.82, 2.24) is 15.5 Å². The number of thiocarbonyl (C=S) groups is 1. The number of hydrogen-bond donors (Lipinski definition) is 2. The summed E-state index contributed by atoms with van der Waals surface area (Å²) < 4.78 is 11.1. The SMILES string of the molecule is CCCCCCCCCCOC(=O)CC1C(=O)NCCN1C(=S)NC(=O)c1ccccc1OCCCC. The van der Waals surface area contributed by atoms with Crippen molar-refractivity contribution in [2.45, 2.75) is 90.5 Å². The molecule has 1 atom stereocenters. The number of unbranched alkanes of at least 4 members (excludes halogenated alkanes) is 8. The number of rotatable bonds is 16. The van der Waals surface area contributed by atoms with Crippen LogP contribution in [0.15, 0.2) is 24.3 Å². The topological polar surface area (TPSA) is 97.0 Å². The van der Waals surface area contributed by atoms with Gasteiger partial charge in [-0.25, -0.2) is 0 Å². The molecule has 0 spiro atoms. The van der Waals surface area contributed by atoms with E-state index >= 15 is 0 Å². The fourth-order valence-corrected chi connectivity index (χ4v) is 4.45. The summed E-state index contributed by atoms with van der Waals surface area (Å²) in [5, 5.41) is 5.58. The van der Waals surface area contributed by atoms with Gasteiger partial charge in [-0.2, -0.15) is 0 Å². The van der Waals surface area contributed by atoms with Gasteiger partial charge in [0.1, 0.15) is 11.8 Å². The number of esters is 1. The summed E-state index contributed by atoms with van der Waals surface area (Å²) in [4.78, 5) is 39.6. The van der Waals surface area contributed by atoms with E-state index < -0.39 is 17.9 Å². The Labute approximate surface area is 226 Å². The molecule has 9 heteroatoms. The molecule has 8 nitrogen and oxygen atoms in total. The fraction of sp³-hybridized carbons (Fsp3) is 0.643. The van der Waals surface area contributed by atoms with E-state index in [9.17, 15) is 14.4 Å². The number of nitrogens with one attached hydrogen (secondary N) is 2. The Balaban J connectivity index is 1.84. The number of amides is 2. The molecule has 1 aromatic rings. The Morgan fingerprint density at radius 2 is 1.68 bits per heavy atom. The van der Waals surface area contributed by atoms with Crippen molar-refractivity contribution in [2.75, 3.05) is 26.3 Å². The third kappa shape index (κ3) is 11.1. The summed E-state index contributed by atoms with van der Waals surface area (Å²) >= 11 is 5.48. The molecule has 37 heavy (non-hydrogen) atoms. The zero-order valence-electron chi connectivity index (χ0n) is 22.4. The van der Waals surface area contributed by atoms with Crippen LogP contribution >= 0.6 is 12.2 Å². The van der Waals surface area contributed by atoms with Crippen molar-refractivity contribution < 1.29 is 23.9 Å². The highest BCUT2D eigenvalue weighted by Gasteiger charge is 2.34. The van der Waals surface area contributed by atoms with Gasteiger partial charge in [0, 0.05) is 13.1 Å². The molecule has 1 aliphatic heterocycles. The second kappa shape index (κ2) is 17.7. The smallest absolute Gasteiger partial charge is 0.308 e. The van der Waals surface area contributed by atoms with Gasteiger partial charge in [-0.3, -0.25) is 19.7 Å². The molecule has 1 heterocycles. The first-order valence-electron chi connectivity index (χ1n) is 13.7. The second-order valence-electron chi connectivity index (χ2n) is 9.36. The van der Waals surface area contributed by atoms with Crippen molar-refractivity contribution in [2.24, 2.45) is 0 Å². The Kier molecular flexibility index (Phi) is 14.6. The lowest BCUT2D eigenvalue weighted by Crippen LogP contribution is -2.60. The van der Waals surface area contributed by atoms with Gasteiger partial charge < -0.3 is 19.7 Å². The number of nitrogens with zero attached hydrogens (tertiary/aromatic N) is 1. The van der Waals surface area contributed by atoms with E-state index in [0.29, 0.717) is 37.6 Å². The molecule has 0 aromatic heterocycles. The number of hydrogen-bond acceptors (Lipinski definition) is 6. The predicted molar refractivity (Wildman–Crippen MR) is 149 cm³/mol. The summed E-state index contributed by atoms with van der Waals surface area (Å²) in [6, 6.07) is 6.14. The highest BCUT2D eigenvalue weighted by molar-refractivity contribution is 7.80. The van der Waals surface area contributed by atoms with Gasteiger partial charge in [0.15, 0.2) is 5.11 Å². The number of carbonyl (C=O) groups excluding carboxylic acids is 3. The van der Waals surface area contributed by atoms with Crippen molar-refractivity contribution >= 4 is 35.1 Å². The van der Waals surface area contributed by atoms with Crippen LogP contribution in [-0.2, 0) is 14.3 Å². The van der Waals surface area contributed by atoms with Gasteiger partial charge in [0.05, 0.1) is 25.2 Å². The third-order valence-electron chi connectivity index (χ3n) is 6.32. The maximum absolute atomic E-state index is 13.0. The number of ether oxygens (including phenoxy) is 2. The molecular formula is C28H43N3O5S. The average Bonchev–Trinajstić information content (AvgIpc) is 2.89. The number of para-hydroxylation sites is 1. The van der Waals surface area contributed by atoms with Crippen LogP contribution in [-0.4, -0.2) is 60.1 Å². The summed E-state index contributed by atoms with van der Waals surface area (Å²) in [5.74, 6) is -0.693. The lowest BCUT2D eigenvalue weighted by atomic mass is 10.1. The molecule has 2 N–H and O–H groups in total. The zero-order chi connectivity index (χ0) is 26.9. The fourth-order valence-electron chi connectivity index (χ4n) is 4.14. The average molecular weight is 534 g/mol. The lowest BCUT2D eigenvalue weighted by Gasteiger charge is -2.36. The molecule has 1 aromatic carbocycles. The first-order chi connectivity index (χ1) is 18.0. The predicted octanol–water partition coefficient (Wildman–Crippen LogP) is 4.75. The largest absolute Gasteiger partial charge is 0.493 e. The highest BCUT2D eigenvalue weighted by Crippen LogP contribution is 2.19. The monoisotopic (exact) mass is 533 g/mol. The summed E-state index contributed by atoms with van der Waals surface area (Å²) in [6.07, 6.45) is 11.0. The first-order valence-corrected chi connectivity index (χ1v) is 14.2. The maximum atomic E-state index is 13.0. The molecule has 0 saturated carbocycles. The van der Waals surface area contributed by atoms with E-state index in [0.717, 1.165) is 32.1 Å². The Morgan fingerprint density at radius 3 is 2.41 bits per heavy atom. The quantitative estimate of drug-likeness (QED) is 0.180. The van der Waals surface area contributed by atoms with Crippen LogP contribution in [0.2, 0.25) is 0 Å². The van der Waals surface area contributed by atoms with Crippen LogP contribution in [0.4, 0.5) is 0 Å². The summed E-state index contributed by atoms with van der Waals surface area (Å²) in [7, 11) is 0. The van der Waals surface area contributed by atoms with Crippen LogP contribution in [0.25, 0.3) is 0 Å². The van der Waals surface area contributed by atoms with Gasteiger partial charge >= 0.3 is 5.97 Å². The van der Waals surface area contributed by atoms with E-state index in [4.69, 9.17) is 21.7 Å². The van der Waals surface area contributed by atoms with Crippen molar-refractivity contribution in [3.8, 4) is 5.75 Å². The molecular weight excluding hydrogens is 490 g/mol. The second-order valence-corrected chi connectivity index (χ2v) is 9.74. The van der Waals surface area contributed by atoms with E-state index in [1.807, 2.05) is 0 Å². The van der Waals surface area contributed by atoms with Crippen molar-refractivity contribution in [3.63, 3.8) is 0 Å². The van der Waals surface area contributed by atoms with Gasteiger partial charge in [0.2, 0.25) is 5.91 Å². The minimum Gasteiger partial charge on any atom is -0.493 e. The van der Waals surface area contributed by atoms with E-state index in [2.05, 4.69) is 24.5 Å². The van der Waals surface area contributed by atoms with Crippen molar-refractivity contribution in [1.29, 1.82) is 0 Å². The van der Waals surface area contributed by atoms with Crippen LogP contribution in [0.1, 0.15) is 94.8 Å². The third-order valence-corrected chi connectivity index (χ3v) is 6.66. The molecule has 1 saturated heterocycles. The number of piperazine rings is 1. The van der Waals surface area contributed by atoms with Crippen LogP contribution in [0.5, 0.6) is 5.75 Å². The first kappa shape index (κ1) is 30.5. The molecule has 2 rings (SSSR count). The van der Waals surface area contributed by atoms with Gasteiger partial charge in [0.25, 0.3) is 5.91 Å². The van der Waals surface area contributed by atoms with Crippen LogP contribution < -0.4 is 15.4 Å². The van der Waals surface area contributed by atoms with Gasteiger partial charge in [-0.1, -0.05) is 77.3 Å². The highest BCUT2D eigenvalue weighted by atomic mass is 32.1. The Hall–Kier alpha value is -2.68. The van der Waals surface area contributed by atoms with Gasteiger partial charge in [-0.15, -0.1) is 0 Å². The van der Waals surface area contributed by atoms with E-state index in [-0.39, 0.29) is 17.4 Å². The minimum atomic E-state index is -0.830. The molecule has 0 bridgehead atoms. The summed E-state index contributed by atoms with van der Waals surface area (Å²) in [6.45, 7) is 5.89. The van der Waals surface area contributed by atoms with E-state index in [1.54, 1.807) is 29.2 Å². The minimum absolute atomic E-state index is 0.101. The normalized spacial score (nSPS) is 15.1. The molecule has 1 aliphatic rings. The molecule has 0 radical (unpaired) electrons. The van der Waals surface area contributed by atoms with Crippen LogP contribution in [0.3, 0.4) is 0 Å². The zero-order valence-corrected chi connectivity index (χ0v) is 23.2. The molecule has 206 valence electrons. The Bertz CT molecular complexity index is 879. The summed E-state index contributed by atoms with van der Waals surface area (Å²) in [5.41, 5.74) is 0.365. The standard InChI is InChI=1S/C28H43N3O5S/c1-3-5-7-8-9-10-11-14-20-36-25(32)21-23-27(34)29-17-18-31(23)28(37)30-26(33)22-15-12-13-16-24(22)35-19-6-4-2/h12-13,15-16,23H,3-11,14,17-21H2,1-2H3,(H,29,34)(H,30,33,37). The van der Waals surface area contributed by atoms with Crippen molar-refractivity contribution in [3.05, 3.63) is 29.8 Å². The molecule has 0 aliphatic carbocycles. The van der Waals surface area contributed by atoms with Gasteiger partial charge in [-0.05, 0) is 37.2 Å². The number of carbonyl (C=O) groups is 3. The number of benzene rings is 1. The molecule has 1 unspecified atom stereocenters. The van der Waals surface area contributed by atoms with Crippen LogP contribution in [0, 0.1) is 0 Å². The lowest BCUT2D eigenvalue weighted by molar-refractivity contribution is -0.147. The molecule has 2 amide bonds. The maximum Gasteiger partial charge on any atom is 0.308 e. The van der Waals surface area contributed by atoms with E-state index in [1.165, 1.54) is 32.1 Å². The Morgan fingerprint density at radius 1 is 1.00 bits per heavy atom. The molecule has 1 fully saturated rings.